The van der Waals surface area contributed by atoms with Crippen LogP contribution in [0.5, 0.6) is 5.75 Å². The van der Waals surface area contributed by atoms with Gasteiger partial charge in [-0.2, -0.15) is 0 Å². The summed E-state index contributed by atoms with van der Waals surface area (Å²) in [6.07, 6.45) is 2.51. The normalized spacial score (nSPS) is 17.2. The van der Waals surface area contributed by atoms with Crippen molar-refractivity contribution in [1.29, 1.82) is 0 Å². The molecule has 1 aliphatic carbocycles. The summed E-state index contributed by atoms with van der Waals surface area (Å²) in [4.78, 5) is 21.5. The Hall–Kier alpha value is -3.93. The lowest BCUT2D eigenvalue weighted by molar-refractivity contribution is 0.251. The number of fused-ring (bicyclic) bond motifs is 1. The molecular formula is C26H24N4O2. The van der Waals surface area contributed by atoms with Crippen molar-refractivity contribution in [3.8, 4) is 16.9 Å². The summed E-state index contributed by atoms with van der Waals surface area (Å²) >= 11 is 0. The quantitative estimate of drug-likeness (QED) is 0.415. The smallest absolute Gasteiger partial charge is 0.320 e. The Morgan fingerprint density at radius 2 is 1.72 bits per heavy atom. The van der Waals surface area contributed by atoms with Crippen molar-refractivity contribution in [1.82, 2.24) is 15.3 Å². The first-order valence-electron chi connectivity index (χ1n) is 10.7. The lowest BCUT2D eigenvalue weighted by Gasteiger charge is -2.10. The molecule has 0 spiro atoms. The first-order chi connectivity index (χ1) is 15.5. The monoisotopic (exact) mass is 424 g/mol. The topological polar surface area (TPSA) is 87.1 Å². The highest BCUT2D eigenvalue weighted by Gasteiger charge is 2.39. The molecule has 0 radical (unpaired) electrons. The molecule has 1 aliphatic rings. The van der Waals surface area contributed by atoms with Gasteiger partial charge in [0.15, 0.2) is 5.82 Å². The Balaban J connectivity index is 1.31. The molecule has 2 amide bonds. The minimum atomic E-state index is -0.275. The third-order valence-corrected chi connectivity index (χ3v) is 5.94. The number of phenolic OH excluding ortho intramolecular Hbond substituents is 1. The maximum absolute atomic E-state index is 12.5. The number of rotatable bonds is 4. The zero-order valence-electron chi connectivity index (χ0n) is 18.0. The second kappa shape index (κ2) is 7.96. The zero-order valence-corrected chi connectivity index (χ0v) is 18.0. The molecule has 6 nitrogen and oxygen atoms in total. The zero-order chi connectivity index (χ0) is 22.2. The molecule has 1 aromatic heterocycles. The Morgan fingerprint density at radius 1 is 0.969 bits per heavy atom. The number of carbonyl (C=O) groups excluding carboxylic acids is 1. The number of nitrogens with zero attached hydrogens (tertiary/aromatic N) is 2. The van der Waals surface area contributed by atoms with E-state index in [9.17, 15) is 9.90 Å². The third kappa shape index (κ3) is 3.99. The Morgan fingerprint density at radius 3 is 2.47 bits per heavy atom. The molecule has 0 saturated heterocycles. The van der Waals surface area contributed by atoms with Crippen molar-refractivity contribution in [2.45, 2.75) is 32.2 Å². The van der Waals surface area contributed by atoms with Gasteiger partial charge in [0, 0.05) is 12.0 Å². The molecule has 2 atom stereocenters. The van der Waals surface area contributed by atoms with E-state index in [2.05, 4.69) is 32.7 Å². The van der Waals surface area contributed by atoms with E-state index in [1.54, 1.807) is 6.20 Å². The van der Waals surface area contributed by atoms with Crippen LogP contribution in [-0.2, 0) is 0 Å². The largest absolute Gasteiger partial charge is 0.507 e. The number of amides is 2. The molecule has 5 rings (SSSR count). The molecule has 4 aromatic rings. The summed E-state index contributed by atoms with van der Waals surface area (Å²) in [5, 5.41) is 15.9. The number of aromatic nitrogens is 2. The van der Waals surface area contributed by atoms with Crippen molar-refractivity contribution in [2.75, 3.05) is 5.32 Å². The summed E-state index contributed by atoms with van der Waals surface area (Å²) in [6, 6.07) is 19.8. The fraction of sp³-hybridized carbons (Fsp3) is 0.192. The fourth-order valence-corrected chi connectivity index (χ4v) is 4.12. The van der Waals surface area contributed by atoms with E-state index in [1.165, 1.54) is 5.56 Å². The van der Waals surface area contributed by atoms with Gasteiger partial charge in [-0.15, -0.1) is 0 Å². The lowest BCUT2D eigenvalue weighted by Crippen LogP contribution is -2.31. The van der Waals surface area contributed by atoms with Crippen LogP contribution in [-0.4, -0.2) is 27.1 Å². The maximum atomic E-state index is 12.5. The van der Waals surface area contributed by atoms with E-state index < -0.39 is 0 Å². The molecule has 1 saturated carbocycles. The van der Waals surface area contributed by atoms with Crippen molar-refractivity contribution in [2.24, 2.45) is 0 Å². The second-order valence-corrected chi connectivity index (χ2v) is 8.38. The highest BCUT2D eigenvalue weighted by molar-refractivity contribution is 5.90. The summed E-state index contributed by atoms with van der Waals surface area (Å²) in [6.45, 7) is 3.77. The summed E-state index contributed by atoms with van der Waals surface area (Å²) in [7, 11) is 0. The van der Waals surface area contributed by atoms with E-state index in [0.29, 0.717) is 23.0 Å². The molecular weight excluding hydrogens is 400 g/mol. The standard InChI is InChI=1S/C26H24N4O2/c1-15-10-19(11-16(2)25(15)31)18-8-9-21-23(12-18)28-24(14-27-21)30-26(32)29-22-13-20(22)17-6-4-3-5-7-17/h3-12,14,20,22,31H,13H2,1-2H3,(H2,28,29,30,32)/t20?,22-/m0/s1. The van der Waals surface area contributed by atoms with Gasteiger partial charge in [0.2, 0.25) is 0 Å². The van der Waals surface area contributed by atoms with Crippen molar-refractivity contribution >= 4 is 22.9 Å². The van der Waals surface area contributed by atoms with Crippen molar-refractivity contribution < 1.29 is 9.90 Å². The van der Waals surface area contributed by atoms with Gasteiger partial charge in [-0.05, 0) is 72.4 Å². The highest BCUT2D eigenvalue weighted by atomic mass is 16.3. The molecule has 160 valence electrons. The predicted molar refractivity (Wildman–Crippen MR) is 126 cm³/mol. The molecule has 1 heterocycles. The summed E-state index contributed by atoms with van der Waals surface area (Å²) in [5.41, 5.74) is 6.31. The lowest BCUT2D eigenvalue weighted by atomic mass is 9.99. The molecule has 3 aromatic carbocycles. The van der Waals surface area contributed by atoms with E-state index in [1.807, 2.05) is 62.4 Å². The molecule has 0 aliphatic heterocycles. The first kappa shape index (κ1) is 20.0. The van der Waals surface area contributed by atoms with Gasteiger partial charge >= 0.3 is 6.03 Å². The van der Waals surface area contributed by atoms with E-state index in [-0.39, 0.29) is 12.1 Å². The number of hydrogen-bond acceptors (Lipinski definition) is 4. The van der Waals surface area contributed by atoms with Gasteiger partial charge in [-0.3, -0.25) is 10.3 Å². The second-order valence-electron chi connectivity index (χ2n) is 8.38. The number of phenols is 1. The number of carbonyl (C=O) groups is 1. The Labute approximate surface area is 186 Å². The molecule has 32 heavy (non-hydrogen) atoms. The Kier molecular flexibility index (Phi) is 4.98. The number of aryl methyl sites for hydroxylation is 2. The van der Waals surface area contributed by atoms with E-state index >= 15 is 0 Å². The minimum absolute atomic E-state index is 0.137. The number of anilines is 1. The summed E-state index contributed by atoms with van der Waals surface area (Å²) < 4.78 is 0. The van der Waals surface area contributed by atoms with Gasteiger partial charge < -0.3 is 10.4 Å². The maximum Gasteiger partial charge on any atom is 0.320 e. The number of nitrogens with one attached hydrogen (secondary N) is 2. The van der Waals surface area contributed by atoms with Gasteiger partial charge in [0.1, 0.15) is 5.75 Å². The van der Waals surface area contributed by atoms with Crippen LogP contribution < -0.4 is 10.6 Å². The van der Waals surface area contributed by atoms with Gasteiger partial charge in [0.25, 0.3) is 0 Å². The van der Waals surface area contributed by atoms with Gasteiger partial charge in [0.05, 0.1) is 17.2 Å². The molecule has 0 bridgehead atoms. The number of hydrogen-bond donors (Lipinski definition) is 3. The molecule has 1 fully saturated rings. The van der Waals surface area contributed by atoms with Crippen LogP contribution in [0.15, 0.2) is 66.9 Å². The van der Waals surface area contributed by atoms with Crippen LogP contribution in [0, 0.1) is 13.8 Å². The Bertz CT molecular complexity index is 1300. The first-order valence-corrected chi connectivity index (χ1v) is 10.7. The van der Waals surface area contributed by atoms with Crippen LogP contribution in [0.4, 0.5) is 10.6 Å². The van der Waals surface area contributed by atoms with Crippen LogP contribution >= 0.6 is 0 Å². The average molecular weight is 425 g/mol. The van der Waals surface area contributed by atoms with E-state index in [0.717, 1.165) is 34.2 Å². The molecule has 1 unspecified atom stereocenters. The van der Waals surface area contributed by atoms with E-state index in [4.69, 9.17) is 0 Å². The van der Waals surface area contributed by atoms with Crippen LogP contribution in [0.2, 0.25) is 0 Å². The number of urea groups is 1. The highest BCUT2D eigenvalue weighted by Crippen LogP contribution is 2.40. The van der Waals surface area contributed by atoms with Crippen LogP contribution in [0.3, 0.4) is 0 Å². The minimum Gasteiger partial charge on any atom is -0.507 e. The third-order valence-electron chi connectivity index (χ3n) is 5.94. The molecule has 3 N–H and O–H groups in total. The van der Waals surface area contributed by atoms with Crippen LogP contribution in [0.1, 0.15) is 29.0 Å². The van der Waals surface area contributed by atoms with Gasteiger partial charge in [-0.1, -0.05) is 36.4 Å². The fourth-order valence-electron chi connectivity index (χ4n) is 4.12. The molecule has 6 heteroatoms. The number of aromatic hydroxyl groups is 1. The van der Waals surface area contributed by atoms with Crippen LogP contribution in [0.25, 0.3) is 22.2 Å². The van der Waals surface area contributed by atoms with Crippen molar-refractivity contribution in [3.05, 3.63) is 83.6 Å². The van der Waals surface area contributed by atoms with Crippen molar-refractivity contribution in [3.63, 3.8) is 0 Å². The predicted octanol–water partition coefficient (Wildman–Crippen LogP) is 5.30. The summed E-state index contributed by atoms with van der Waals surface area (Å²) in [5.74, 6) is 1.09. The van der Waals surface area contributed by atoms with Gasteiger partial charge in [-0.25, -0.2) is 9.78 Å². The number of benzene rings is 3. The SMILES string of the molecule is Cc1cc(-c2ccc3ncc(NC(=O)N[C@H]4CC4c4ccccc4)nc3c2)cc(C)c1O. The average Bonchev–Trinajstić information content (AvgIpc) is 3.56.